The van der Waals surface area contributed by atoms with Crippen molar-refractivity contribution in [3.8, 4) is 6.07 Å². The summed E-state index contributed by atoms with van der Waals surface area (Å²) in [6, 6.07) is 7.88. The Hall–Kier alpha value is -1.87. The van der Waals surface area contributed by atoms with Crippen molar-refractivity contribution in [2.45, 2.75) is 16.6 Å². The van der Waals surface area contributed by atoms with Crippen LogP contribution in [0.15, 0.2) is 29.2 Å². The molecule has 82 valence electrons. The summed E-state index contributed by atoms with van der Waals surface area (Å²) in [5, 5.41) is 9.70. The van der Waals surface area contributed by atoms with Gasteiger partial charge in [0.15, 0.2) is 15.1 Å². The van der Waals surface area contributed by atoms with Crippen LogP contribution in [0.1, 0.15) is 6.42 Å². The van der Waals surface area contributed by atoms with Crippen molar-refractivity contribution in [3.05, 3.63) is 24.3 Å². The first-order chi connectivity index (χ1) is 7.57. The zero-order valence-corrected chi connectivity index (χ0v) is 8.99. The Morgan fingerprint density at radius 1 is 1.38 bits per heavy atom. The molecule has 0 aromatic heterocycles. The lowest BCUT2D eigenvalue weighted by Crippen LogP contribution is -2.39. The van der Waals surface area contributed by atoms with Crippen LogP contribution in [0, 0.1) is 11.3 Å². The topological polar surface area (TPSA) is 87.0 Å². The molecule has 1 atom stereocenters. The van der Waals surface area contributed by atoms with Gasteiger partial charge in [-0.2, -0.15) is 5.26 Å². The van der Waals surface area contributed by atoms with E-state index in [0.29, 0.717) is 0 Å². The standard InChI is InChI=1S/C10H8N2O3S/c11-6-5-9-10(13)12-7-3-1-2-4-8(7)16(9,14)15/h1-4,9H,5H2,(H,12,13). The van der Waals surface area contributed by atoms with E-state index in [1.165, 1.54) is 12.1 Å². The van der Waals surface area contributed by atoms with Crippen LogP contribution >= 0.6 is 0 Å². The Morgan fingerprint density at radius 2 is 2.06 bits per heavy atom. The smallest absolute Gasteiger partial charge is 0.244 e. The van der Waals surface area contributed by atoms with Crippen molar-refractivity contribution >= 4 is 21.4 Å². The Kier molecular flexibility index (Phi) is 2.40. The normalized spacial score (nSPS) is 21.7. The average Bonchev–Trinajstić information content (AvgIpc) is 2.24. The summed E-state index contributed by atoms with van der Waals surface area (Å²) in [5.74, 6) is -0.639. The van der Waals surface area contributed by atoms with Gasteiger partial charge in [-0.05, 0) is 12.1 Å². The molecule has 1 aromatic carbocycles. The number of para-hydroxylation sites is 1. The van der Waals surface area contributed by atoms with E-state index in [9.17, 15) is 13.2 Å². The summed E-state index contributed by atoms with van der Waals surface area (Å²) < 4.78 is 24.0. The highest BCUT2D eigenvalue weighted by atomic mass is 32.2. The van der Waals surface area contributed by atoms with Crippen LogP contribution in [-0.4, -0.2) is 19.6 Å². The first-order valence-electron chi connectivity index (χ1n) is 4.58. The zero-order chi connectivity index (χ0) is 11.8. The number of nitrogens with zero attached hydrogens (tertiary/aromatic N) is 1. The molecule has 0 bridgehead atoms. The fourth-order valence-corrected chi connectivity index (χ4v) is 3.25. The molecule has 0 saturated carbocycles. The lowest BCUT2D eigenvalue weighted by atomic mass is 10.2. The molecule has 0 radical (unpaired) electrons. The quantitative estimate of drug-likeness (QED) is 0.777. The maximum atomic E-state index is 12.0. The van der Waals surface area contributed by atoms with Crippen molar-refractivity contribution in [1.82, 2.24) is 0 Å². The second kappa shape index (κ2) is 3.61. The minimum absolute atomic E-state index is 0.0786. The number of anilines is 1. The molecule has 1 unspecified atom stereocenters. The Labute approximate surface area is 92.6 Å². The Bertz CT molecular complexity index is 586. The summed E-state index contributed by atoms with van der Waals surface area (Å²) in [4.78, 5) is 11.6. The molecule has 2 rings (SSSR count). The minimum atomic E-state index is -3.73. The van der Waals surface area contributed by atoms with Gasteiger partial charge in [0.05, 0.1) is 23.1 Å². The minimum Gasteiger partial charge on any atom is -0.324 e. The second-order valence-electron chi connectivity index (χ2n) is 3.38. The first-order valence-corrected chi connectivity index (χ1v) is 6.13. The third-order valence-electron chi connectivity index (χ3n) is 2.40. The molecule has 5 nitrogen and oxygen atoms in total. The number of nitrogens with one attached hydrogen (secondary N) is 1. The first kappa shape index (κ1) is 10.6. The van der Waals surface area contributed by atoms with E-state index in [1.54, 1.807) is 18.2 Å². The van der Waals surface area contributed by atoms with Gasteiger partial charge in [-0.15, -0.1) is 0 Å². The summed E-state index contributed by atoms with van der Waals surface area (Å²) >= 11 is 0. The average molecular weight is 236 g/mol. The Balaban J connectivity index is 2.62. The number of carbonyl (C=O) groups excluding carboxylic acids is 1. The maximum absolute atomic E-state index is 12.0. The van der Waals surface area contributed by atoms with Crippen LogP contribution in [0.4, 0.5) is 5.69 Å². The summed E-state index contributed by atoms with van der Waals surface area (Å²) in [6.07, 6.45) is -0.331. The fraction of sp³-hybridized carbons (Fsp3) is 0.200. The second-order valence-corrected chi connectivity index (χ2v) is 5.48. The molecule has 1 N–H and O–H groups in total. The van der Waals surface area contributed by atoms with Crippen molar-refractivity contribution in [2.75, 3.05) is 5.32 Å². The summed E-state index contributed by atoms with van der Waals surface area (Å²) in [5.41, 5.74) is 0.279. The number of sulfone groups is 1. The summed E-state index contributed by atoms with van der Waals surface area (Å²) in [6.45, 7) is 0. The molecule has 1 aliphatic rings. The monoisotopic (exact) mass is 236 g/mol. The zero-order valence-electron chi connectivity index (χ0n) is 8.17. The van der Waals surface area contributed by atoms with Crippen LogP contribution < -0.4 is 5.32 Å². The molecular weight excluding hydrogens is 228 g/mol. The molecule has 1 aliphatic heterocycles. The van der Waals surface area contributed by atoms with E-state index in [2.05, 4.69) is 5.32 Å². The van der Waals surface area contributed by atoms with Crippen LogP contribution in [0.5, 0.6) is 0 Å². The van der Waals surface area contributed by atoms with Gasteiger partial charge in [0, 0.05) is 0 Å². The highest BCUT2D eigenvalue weighted by Gasteiger charge is 2.39. The van der Waals surface area contributed by atoms with Crippen molar-refractivity contribution in [1.29, 1.82) is 5.26 Å². The predicted octanol–water partition coefficient (Wildman–Crippen LogP) is 0.695. The number of hydrogen-bond donors (Lipinski definition) is 1. The van der Waals surface area contributed by atoms with Crippen LogP contribution in [0.2, 0.25) is 0 Å². The molecular formula is C10H8N2O3S. The van der Waals surface area contributed by atoms with E-state index in [4.69, 9.17) is 5.26 Å². The largest absolute Gasteiger partial charge is 0.324 e. The maximum Gasteiger partial charge on any atom is 0.244 e. The number of hydrogen-bond acceptors (Lipinski definition) is 4. The van der Waals surface area contributed by atoms with Gasteiger partial charge in [-0.25, -0.2) is 8.42 Å². The molecule has 0 saturated heterocycles. The summed E-state index contributed by atoms with van der Waals surface area (Å²) in [7, 11) is -3.73. The van der Waals surface area contributed by atoms with E-state index < -0.39 is 21.0 Å². The predicted molar refractivity (Wildman–Crippen MR) is 56.3 cm³/mol. The number of amides is 1. The van der Waals surface area contributed by atoms with E-state index >= 15 is 0 Å². The van der Waals surface area contributed by atoms with Crippen molar-refractivity contribution in [2.24, 2.45) is 0 Å². The van der Waals surface area contributed by atoms with Gasteiger partial charge in [0.25, 0.3) is 0 Å². The van der Waals surface area contributed by atoms with Gasteiger partial charge in [0.1, 0.15) is 0 Å². The van der Waals surface area contributed by atoms with Crippen LogP contribution in [0.25, 0.3) is 0 Å². The number of carbonyl (C=O) groups is 1. The van der Waals surface area contributed by atoms with E-state index in [-0.39, 0.29) is 17.0 Å². The molecule has 6 heteroatoms. The molecule has 0 spiro atoms. The van der Waals surface area contributed by atoms with Crippen molar-refractivity contribution in [3.63, 3.8) is 0 Å². The van der Waals surface area contributed by atoms with Crippen LogP contribution in [-0.2, 0) is 14.6 Å². The molecule has 0 fully saturated rings. The lowest BCUT2D eigenvalue weighted by Gasteiger charge is -2.22. The number of benzene rings is 1. The molecule has 1 heterocycles. The fourth-order valence-electron chi connectivity index (χ4n) is 1.61. The number of rotatable bonds is 1. The van der Waals surface area contributed by atoms with E-state index in [0.717, 1.165) is 0 Å². The number of fused-ring (bicyclic) bond motifs is 1. The van der Waals surface area contributed by atoms with Gasteiger partial charge in [-0.1, -0.05) is 12.1 Å². The van der Waals surface area contributed by atoms with Gasteiger partial charge in [-0.3, -0.25) is 4.79 Å². The Morgan fingerprint density at radius 3 is 2.75 bits per heavy atom. The number of nitriles is 1. The van der Waals surface area contributed by atoms with Crippen molar-refractivity contribution < 1.29 is 13.2 Å². The molecule has 0 aliphatic carbocycles. The lowest BCUT2D eigenvalue weighted by molar-refractivity contribution is -0.115. The van der Waals surface area contributed by atoms with Gasteiger partial charge in [0.2, 0.25) is 5.91 Å². The van der Waals surface area contributed by atoms with E-state index in [1.807, 2.05) is 0 Å². The third-order valence-corrected chi connectivity index (χ3v) is 4.49. The van der Waals surface area contributed by atoms with Gasteiger partial charge >= 0.3 is 0 Å². The van der Waals surface area contributed by atoms with Gasteiger partial charge < -0.3 is 5.32 Å². The molecule has 1 amide bonds. The highest BCUT2D eigenvalue weighted by Crippen LogP contribution is 2.30. The molecule has 16 heavy (non-hydrogen) atoms. The SMILES string of the molecule is N#CCC1C(=O)Nc2ccccc2S1(=O)=O. The van der Waals surface area contributed by atoms with Crippen LogP contribution in [0.3, 0.4) is 0 Å². The highest BCUT2D eigenvalue weighted by molar-refractivity contribution is 7.93. The molecule has 1 aromatic rings. The third kappa shape index (κ3) is 1.46.